The second kappa shape index (κ2) is 3.96. The average Bonchev–Trinajstić information content (AvgIpc) is 2.60. The number of nitrogens with zero attached hydrogens (tertiary/aromatic N) is 1. The van der Waals surface area contributed by atoms with Crippen molar-refractivity contribution in [1.82, 2.24) is 5.32 Å². The molecule has 1 heterocycles. The van der Waals surface area contributed by atoms with Gasteiger partial charge >= 0.3 is 0 Å². The first-order chi connectivity index (χ1) is 7.49. The van der Waals surface area contributed by atoms with E-state index in [9.17, 15) is 0 Å². The lowest BCUT2D eigenvalue weighted by Gasteiger charge is -2.07. The zero-order valence-corrected chi connectivity index (χ0v) is 10.4. The smallest absolute Gasteiger partial charge is 0.180 e. The van der Waals surface area contributed by atoms with Gasteiger partial charge in [0.05, 0.1) is 25.7 Å². The first-order valence-electron chi connectivity index (χ1n) is 3.93. The third kappa shape index (κ3) is 1.45. The molecule has 0 unspecified atom stereocenters. The van der Waals surface area contributed by atoms with E-state index < -0.39 is 0 Å². The van der Waals surface area contributed by atoms with Crippen LogP contribution in [0.3, 0.4) is 0 Å². The van der Waals surface area contributed by atoms with Gasteiger partial charge in [-0.05, 0) is 0 Å². The van der Waals surface area contributed by atoms with Gasteiger partial charge in [-0.15, -0.1) is 0 Å². The molecule has 16 heavy (non-hydrogen) atoms. The maximum atomic E-state index is 8.76. The summed E-state index contributed by atoms with van der Waals surface area (Å²) in [6, 6.07) is 0. The minimum absolute atomic E-state index is 0.0190. The van der Waals surface area contributed by atoms with Crippen molar-refractivity contribution in [2.24, 2.45) is 5.16 Å². The third-order valence-electron chi connectivity index (χ3n) is 2.10. The van der Waals surface area contributed by atoms with Gasteiger partial charge in [-0.25, -0.2) is 0 Å². The first kappa shape index (κ1) is 11.8. The maximum absolute atomic E-state index is 8.76. The molecule has 0 saturated heterocycles. The molecule has 8 heteroatoms. The van der Waals surface area contributed by atoms with Gasteiger partial charge in [0, 0.05) is 5.56 Å². The molecular weight excluding hydrogens is 296 g/mol. The molecule has 0 saturated carbocycles. The van der Waals surface area contributed by atoms with Gasteiger partial charge in [-0.3, -0.25) is 5.41 Å². The molecule has 3 N–H and O–H groups in total. The number of oxime groups is 1. The highest BCUT2D eigenvalue weighted by Crippen LogP contribution is 2.43. The van der Waals surface area contributed by atoms with Crippen LogP contribution in [0.5, 0.6) is 0 Å². The number of hydrogen-bond acceptors (Lipinski definition) is 3. The Hall–Kier alpha value is -0.680. The third-order valence-corrected chi connectivity index (χ3v) is 3.90. The lowest BCUT2D eigenvalue weighted by Crippen LogP contribution is -2.21. The van der Waals surface area contributed by atoms with Gasteiger partial charge in [-0.2, -0.15) is 0 Å². The van der Waals surface area contributed by atoms with Crippen LogP contribution in [0, 0.1) is 5.41 Å². The minimum Gasteiger partial charge on any atom is -0.409 e. The molecule has 0 atom stereocenters. The predicted molar refractivity (Wildman–Crippen MR) is 64.8 cm³/mol. The number of rotatable bonds is 0. The Morgan fingerprint density at radius 3 is 1.94 bits per heavy atom. The number of nitrogens with one attached hydrogen (secondary N) is 2. The molecule has 0 aliphatic carbocycles. The fraction of sp³-hybridized carbons (Fsp3) is 0. The summed E-state index contributed by atoms with van der Waals surface area (Å²) >= 11 is 23.6. The van der Waals surface area contributed by atoms with Crippen LogP contribution in [-0.4, -0.2) is 16.9 Å². The van der Waals surface area contributed by atoms with Gasteiger partial charge in [-0.1, -0.05) is 51.6 Å². The van der Waals surface area contributed by atoms with Gasteiger partial charge in [0.1, 0.15) is 5.84 Å². The van der Waals surface area contributed by atoms with E-state index in [1.165, 1.54) is 0 Å². The minimum atomic E-state index is -0.0479. The van der Waals surface area contributed by atoms with E-state index in [-0.39, 0.29) is 42.9 Å². The summed E-state index contributed by atoms with van der Waals surface area (Å²) in [4.78, 5) is 0. The molecule has 0 radical (unpaired) electrons. The van der Waals surface area contributed by atoms with E-state index in [4.69, 9.17) is 57.0 Å². The SMILES string of the molecule is N=C1N/C(=N\O)c2c(Cl)c(Cl)c(Cl)c(Cl)c21. The second-order valence-corrected chi connectivity index (χ2v) is 4.47. The van der Waals surface area contributed by atoms with Crippen molar-refractivity contribution in [2.75, 3.05) is 0 Å². The van der Waals surface area contributed by atoms with Crippen LogP contribution in [0.1, 0.15) is 11.1 Å². The van der Waals surface area contributed by atoms with Gasteiger partial charge in [0.25, 0.3) is 0 Å². The van der Waals surface area contributed by atoms with Crippen molar-refractivity contribution < 1.29 is 5.21 Å². The number of benzene rings is 1. The van der Waals surface area contributed by atoms with Crippen molar-refractivity contribution in [1.29, 1.82) is 5.41 Å². The summed E-state index contributed by atoms with van der Waals surface area (Å²) in [5, 5.41) is 22.2. The van der Waals surface area contributed by atoms with Crippen molar-refractivity contribution in [3.05, 3.63) is 31.2 Å². The molecule has 0 aromatic heterocycles. The van der Waals surface area contributed by atoms with E-state index in [0.29, 0.717) is 0 Å². The molecule has 1 aliphatic heterocycles. The lowest BCUT2D eigenvalue weighted by molar-refractivity contribution is 0.318. The van der Waals surface area contributed by atoms with Crippen LogP contribution < -0.4 is 5.32 Å². The van der Waals surface area contributed by atoms with Gasteiger partial charge < -0.3 is 10.5 Å². The van der Waals surface area contributed by atoms with E-state index in [1.807, 2.05) is 0 Å². The highest BCUT2D eigenvalue weighted by Gasteiger charge is 2.32. The Labute approximate surface area is 110 Å². The summed E-state index contributed by atoms with van der Waals surface area (Å²) in [6.45, 7) is 0. The summed E-state index contributed by atoms with van der Waals surface area (Å²) in [7, 11) is 0. The molecule has 0 bridgehead atoms. The Morgan fingerprint density at radius 2 is 1.44 bits per heavy atom. The van der Waals surface area contributed by atoms with Crippen LogP contribution in [0.15, 0.2) is 5.16 Å². The predicted octanol–water partition coefficient (Wildman–Crippen LogP) is 3.36. The quantitative estimate of drug-likeness (QED) is 0.297. The van der Waals surface area contributed by atoms with E-state index >= 15 is 0 Å². The Morgan fingerprint density at radius 1 is 0.938 bits per heavy atom. The van der Waals surface area contributed by atoms with Crippen molar-refractivity contribution >= 4 is 58.1 Å². The Kier molecular flexibility index (Phi) is 2.92. The zero-order valence-electron chi connectivity index (χ0n) is 7.41. The maximum Gasteiger partial charge on any atom is 0.180 e. The first-order valence-corrected chi connectivity index (χ1v) is 5.44. The second-order valence-electron chi connectivity index (χ2n) is 2.95. The number of halogens is 4. The fourth-order valence-corrected chi connectivity index (χ4v) is 2.44. The number of amidine groups is 2. The van der Waals surface area contributed by atoms with Crippen molar-refractivity contribution in [2.45, 2.75) is 0 Å². The Balaban J connectivity index is 2.91. The highest BCUT2D eigenvalue weighted by molar-refractivity contribution is 6.55. The normalized spacial score (nSPS) is 16.5. The molecule has 1 aromatic carbocycles. The lowest BCUT2D eigenvalue weighted by atomic mass is 10.1. The largest absolute Gasteiger partial charge is 0.409 e. The molecule has 84 valence electrons. The van der Waals surface area contributed by atoms with Crippen molar-refractivity contribution in [3.8, 4) is 0 Å². The molecule has 4 nitrogen and oxygen atoms in total. The van der Waals surface area contributed by atoms with Crippen LogP contribution in [-0.2, 0) is 0 Å². The number of fused-ring (bicyclic) bond motifs is 1. The molecule has 0 amide bonds. The van der Waals surface area contributed by atoms with E-state index in [2.05, 4.69) is 10.5 Å². The Bertz CT molecular complexity index is 541. The summed E-state index contributed by atoms with van der Waals surface area (Å²) in [6.07, 6.45) is 0. The summed E-state index contributed by atoms with van der Waals surface area (Å²) < 4.78 is 0. The molecule has 0 spiro atoms. The molecule has 1 aliphatic rings. The molecule has 0 fully saturated rings. The molecule has 2 rings (SSSR count). The topological polar surface area (TPSA) is 68.5 Å². The molecule has 1 aromatic rings. The van der Waals surface area contributed by atoms with Crippen molar-refractivity contribution in [3.63, 3.8) is 0 Å². The van der Waals surface area contributed by atoms with Crippen LogP contribution >= 0.6 is 46.4 Å². The van der Waals surface area contributed by atoms with Crippen LogP contribution in [0.2, 0.25) is 20.1 Å². The average molecular weight is 299 g/mol. The van der Waals surface area contributed by atoms with Crippen LogP contribution in [0.25, 0.3) is 0 Å². The van der Waals surface area contributed by atoms with Crippen LogP contribution in [0.4, 0.5) is 0 Å². The van der Waals surface area contributed by atoms with Gasteiger partial charge in [0.2, 0.25) is 0 Å². The summed E-state index contributed by atoms with van der Waals surface area (Å²) in [5.74, 6) is -0.0290. The molecular formula is C8H3Cl4N3O. The highest BCUT2D eigenvalue weighted by atomic mass is 35.5. The monoisotopic (exact) mass is 297 g/mol. The van der Waals surface area contributed by atoms with E-state index in [1.54, 1.807) is 0 Å². The summed E-state index contributed by atoms with van der Waals surface area (Å²) in [5.41, 5.74) is 0.544. The standard InChI is InChI=1S/C8H3Cl4N3O/c9-3-1-2(4(10)6(12)5(3)11)8(15-16)14-7(1)13/h16H,(H2,13,14,15). The number of hydrogen-bond donors (Lipinski definition) is 3. The zero-order chi connectivity index (χ0) is 12.0. The fourth-order valence-electron chi connectivity index (χ4n) is 1.41. The van der Waals surface area contributed by atoms with Gasteiger partial charge in [0.15, 0.2) is 5.84 Å². The van der Waals surface area contributed by atoms with E-state index in [0.717, 1.165) is 0 Å².